The minimum atomic E-state index is -4.74. The first-order valence-electron chi connectivity index (χ1n) is 8.33. The van der Waals surface area contributed by atoms with Crippen molar-refractivity contribution in [2.45, 2.75) is 82.6 Å². The fourth-order valence-corrected chi connectivity index (χ4v) is 3.57. The molecule has 0 bridgehead atoms. The Morgan fingerprint density at radius 1 is 1.12 bits per heavy atom. The Balaban J connectivity index is 1.81. The molecule has 0 radical (unpaired) electrons. The van der Waals surface area contributed by atoms with Gasteiger partial charge in [0.1, 0.15) is 0 Å². The third-order valence-electron chi connectivity index (χ3n) is 4.66. The van der Waals surface area contributed by atoms with Crippen LogP contribution in [0.2, 0.25) is 0 Å². The van der Waals surface area contributed by atoms with Crippen LogP contribution in [0.1, 0.15) is 51.9 Å². The monoisotopic (exact) mass is 348 g/mol. The summed E-state index contributed by atoms with van der Waals surface area (Å²) in [7, 11) is 0. The number of nitrogens with zero attached hydrogens (tertiary/aromatic N) is 1. The molecule has 0 aromatic heterocycles. The lowest BCUT2D eigenvalue weighted by molar-refractivity contribution is -0.351. The van der Waals surface area contributed by atoms with Gasteiger partial charge in [0.15, 0.2) is 0 Å². The molecule has 3 atom stereocenters. The van der Waals surface area contributed by atoms with Gasteiger partial charge >= 0.3 is 6.36 Å². The van der Waals surface area contributed by atoms with Gasteiger partial charge in [-0.1, -0.05) is 0 Å². The van der Waals surface area contributed by atoms with Crippen molar-refractivity contribution in [3.63, 3.8) is 0 Å². The van der Waals surface area contributed by atoms with Crippen LogP contribution in [0.3, 0.4) is 0 Å². The van der Waals surface area contributed by atoms with Gasteiger partial charge in [-0.2, -0.15) is 5.26 Å². The molecule has 0 aliphatic heterocycles. The number of nitriles is 1. The van der Waals surface area contributed by atoms with Crippen LogP contribution >= 0.6 is 0 Å². The van der Waals surface area contributed by atoms with Crippen molar-refractivity contribution in [1.82, 2.24) is 5.32 Å². The number of hydrogen-bond donors (Lipinski definition) is 1. The number of rotatable bonds is 4. The van der Waals surface area contributed by atoms with E-state index in [0.717, 1.165) is 25.7 Å². The lowest BCUT2D eigenvalue weighted by Gasteiger charge is -2.36. The first-order valence-corrected chi connectivity index (χ1v) is 8.33. The molecule has 136 valence electrons. The maximum atomic E-state index is 12.5. The number of halogens is 3. The third kappa shape index (κ3) is 5.95. The number of alkyl halides is 3. The molecule has 24 heavy (non-hydrogen) atoms. The van der Waals surface area contributed by atoms with Crippen LogP contribution in [-0.4, -0.2) is 36.6 Å². The fourth-order valence-electron chi connectivity index (χ4n) is 3.57. The van der Waals surface area contributed by atoms with Crippen LogP contribution in [0.4, 0.5) is 13.2 Å². The van der Waals surface area contributed by atoms with E-state index < -0.39 is 18.4 Å². The molecule has 0 spiro atoms. The fraction of sp³-hybridized carbons (Fsp3) is 0.875. The zero-order chi connectivity index (χ0) is 17.7. The zero-order valence-corrected chi connectivity index (χ0v) is 13.6. The summed E-state index contributed by atoms with van der Waals surface area (Å²) in [5.41, 5.74) is 0. The largest absolute Gasteiger partial charge is 0.522 e. The molecule has 2 fully saturated rings. The van der Waals surface area contributed by atoms with Crippen molar-refractivity contribution in [2.75, 3.05) is 0 Å². The molecule has 1 amide bonds. The van der Waals surface area contributed by atoms with Crippen molar-refractivity contribution in [1.29, 1.82) is 5.26 Å². The minimum Gasteiger partial charge on any atom is -0.375 e. The summed E-state index contributed by atoms with van der Waals surface area (Å²) in [5.74, 6) is -0.802. The van der Waals surface area contributed by atoms with Crippen molar-refractivity contribution in [3.8, 4) is 6.07 Å². The van der Waals surface area contributed by atoms with Crippen LogP contribution in [0.25, 0.3) is 0 Å². The van der Waals surface area contributed by atoms with E-state index in [4.69, 9.17) is 10.00 Å². The van der Waals surface area contributed by atoms with Gasteiger partial charge in [-0.3, -0.25) is 9.53 Å². The average Bonchev–Trinajstić information content (AvgIpc) is 2.47. The number of amides is 1. The standard InChI is InChI=1S/C16H23F3N2O3/c1-10(22)21-12-3-6-13(7-4-12)23-14-5-2-11(9-20)15(8-14)24-16(17,18)19/h11-15H,2-8H2,1H3,(H,21,22). The molecule has 2 rings (SSSR count). The Hall–Kier alpha value is -1.33. The average molecular weight is 348 g/mol. The van der Waals surface area contributed by atoms with Crippen LogP contribution in [0.5, 0.6) is 0 Å². The van der Waals surface area contributed by atoms with E-state index in [9.17, 15) is 18.0 Å². The van der Waals surface area contributed by atoms with Gasteiger partial charge in [0.05, 0.1) is 30.3 Å². The quantitative estimate of drug-likeness (QED) is 0.848. The number of hydrogen-bond acceptors (Lipinski definition) is 4. The maximum absolute atomic E-state index is 12.5. The Bertz CT molecular complexity index is 470. The van der Waals surface area contributed by atoms with E-state index in [-0.39, 0.29) is 30.6 Å². The summed E-state index contributed by atoms with van der Waals surface area (Å²) in [4.78, 5) is 11.0. The first-order chi connectivity index (χ1) is 11.3. The van der Waals surface area contributed by atoms with E-state index >= 15 is 0 Å². The highest BCUT2D eigenvalue weighted by molar-refractivity contribution is 5.73. The van der Waals surface area contributed by atoms with Crippen molar-refractivity contribution in [2.24, 2.45) is 5.92 Å². The normalized spacial score (nSPS) is 34.4. The molecular weight excluding hydrogens is 325 g/mol. The highest BCUT2D eigenvalue weighted by Gasteiger charge is 2.41. The Kier molecular flexibility index (Phi) is 6.47. The van der Waals surface area contributed by atoms with E-state index in [0.29, 0.717) is 12.8 Å². The molecule has 8 heteroatoms. The van der Waals surface area contributed by atoms with Gasteiger partial charge in [0, 0.05) is 19.4 Å². The van der Waals surface area contributed by atoms with Crippen molar-refractivity contribution >= 4 is 5.91 Å². The summed E-state index contributed by atoms with van der Waals surface area (Å²) < 4.78 is 47.5. The molecule has 2 aliphatic carbocycles. The summed E-state index contributed by atoms with van der Waals surface area (Å²) in [6.07, 6.45) is -2.06. The lowest BCUT2D eigenvalue weighted by Crippen LogP contribution is -2.41. The third-order valence-corrected chi connectivity index (χ3v) is 4.66. The molecule has 5 nitrogen and oxygen atoms in total. The van der Waals surface area contributed by atoms with Crippen molar-refractivity contribution in [3.05, 3.63) is 0 Å². The summed E-state index contributed by atoms with van der Waals surface area (Å²) in [5, 5.41) is 11.9. The minimum absolute atomic E-state index is 0.00909. The second-order valence-electron chi connectivity index (χ2n) is 6.58. The SMILES string of the molecule is CC(=O)NC1CCC(OC2CCC(C#N)C(OC(F)(F)F)C2)CC1. The van der Waals surface area contributed by atoms with Gasteiger partial charge in [-0.05, 0) is 38.5 Å². The second kappa shape index (κ2) is 8.17. The highest BCUT2D eigenvalue weighted by atomic mass is 19.4. The van der Waals surface area contributed by atoms with Gasteiger partial charge in [0.2, 0.25) is 5.91 Å². The molecule has 2 saturated carbocycles. The predicted molar refractivity (Wildman–Crippen MR) is 78.6 cm³/mol. The summed E-state index contributed by atoms with van der Waals surface area (Å²) >= 11 is 0. The highest BCUT2D eigenvalue weighted by Crippen LogP contribution is 2.34. The maximum Gasteiger partial charge on any atom is 0.522 e. The van der Waals surface area contributed by atoms with Crippen LogP contribution in [0.15, 0.2) is 0 Å². The molecule has 0 saturated heterocycles. The topological polar surface area (TPSA) is 71.3 Å². The van der Waals surface area contributed by atoms with Crippen LogP contribution in [-0.2, 0) is 14.3 Å². The van der Waals surface area contributed by atoms with Crippen molar-refractivity contribution < 1.29 is 27.4 Å². The van der Waals surface area contributed by atoms with E-state index in [1.165, 1.54) is 6.92 Å². The predicted octanol–water partition coefficient (Wildman–Crippen LogP) is 3.05. The lowest BCUT2D eigenvalue weighted by atomic mass is 9.85. The molecule has 0 heterocycles. The zero-order valence-electron chi connectivity index (χ0n) is 13.6. The smallest absolute Gasteiger partial charge is 0.375 e. The molecular formula is C16H23F3N2O3. The first kappa shape index (κ1) is 19.0. The second-order valence-corrected chi connectivity index (χ2v) is 6.58. The van der Waals surface area contributed by atoms with E-state index in [1.807, 2.05) is 6.07 Å². The molecule has 1 N–H and O–H groups in total. The van der Waals surface area contributed by atoms with Gasteiger partial charge < -0.3 is 10.1 Å². The summed E-state index contributed by atoms with van der Waals surface area (Å²) in [6, 6.07) is 2.05. The molecule has 0 aromatic rings. The number of ether oxygens (including phenoxy) is 2. The Morgan fingerprint density at radius 2 is 1.75 bits per heavy atom. The van der Waals surface area contributed by atoms with E-state index in [2.05, 4.69) is 10.1 Å². The van der Waals surface area contributed by atoms with E-state index in [1.54, 1.807) is 0 Å². The Morgan fingerprint density at radius 3 is 2.29 bits per heavy atom. The van der Waals surface area contributed by atoms with Crippen LogP contribution in [0, 0.1) is 17.2 Å². The molecule has 3 unspecified atom stereocenters. The number of nitrogens with one attached hydrogen (secondary N) is 1. The van der Waals surface area contributed by atoms with Crippen LogP contribution < -0.4 is 5.32 Å². The molecule has 2 aliphatic rings. The van der Waals surface area contributed by atoms with Gasteiger partial charge in [-0.25, -0.2) is 0 Å². The summed E-state index contributed by atoms with van der Waals surface area (Å²) in [6.45, 7) is 1.48. The van der Waals surface area contributed by atoms with Gasteiger partial charge in [0.25, 0.3) is 0 Å². The number of carbonyl (C=O) groups is 1. The molecule has 0 aromatic carbocycles. The Labute approximate surface area is 139 Å². The number of carbonyl (C=O) groups excluding carboxylic acids is 1. The van der Waals surface area contributed by atoms with Gasteiger partial charge in [-0.15, -0.1) is 13.2 Å².